The predicted molar refractivity (Wildman–Crippen MR) is 142 cm³/mol. The lowest BCUT2D eigenvalue weighted by Crippen LogP contribution is -2.39. The first-order valence-corrected chi connectivity index (χ1v) is 13.3. The summed E-state index contributed by atoms with van der Waals surface area (Å²) in [5, 5.41) is 9.27. The van der Waals surface area contributed by atoms with Crippen molar-refractivity contribution in [1.29, 1.82) is 0 Å². The molecule has 1 aliphatic rings. The Bertz CT molecular complexity index is 1250. The molecule has 1 unspecified atom stereocenters. The molecule has 1 heterocycles. The number of aliphatic carboxylic acids is 1. The van der Waals surface area contributed by atoms with Crippen molar-refractivity contribution < 1.29 is 23.9 Å². The molecule has 0 radical (unpaired) electrons. The summed E-state index contributed by atoms with van der Waals surface area (Å²) >= 11 is -1.16. The zero-order valence-corrected chi connectivity index (χ0v) is 22.0. The van der Waals surface area contributed by atoms with Gasteiger partial charge in [0.05, 0.1) is 13.0 Å². The highest BCUT2D eigenvalue weighted by Gasteiger charge is 2.27. The van der Waals surface area contributed by atoms with Gasteiger partial charge in [0.25, 0.3) is 0 Å². The summed E-state index contributed by atoms with van der Waals surface area (Å²) in [7, 11) is 0. The highest BCUT2D eigenvalue weighted by Crippen LogP contribution is 2.39. The Morgan fingerprint density at radius 3 is 2.58 bits per heavy atom. The van der Waals surface area contributed by atoms with Crippen molar-refractivity contribution in [2.45, 2.75) is 65.0 Å². The van der Waals surface area contributed by atoms with Gasteiger partial charge >= 0.3 is 5.97 Å². The SMILES string of the molecule is CCc1ccc(CC(=O)O)c(OCc2ccc3c(c2)-c2cccc(CN[S+]([O-])C(C)(C)C)c2CO3)c1. The molecule has 4 rings (SSSR count). The summed E-state index contributed by atoms with van der Waals surface area (Å²) in [6.45, 7) is 9.17. The van der Waals surface area contributed by atoms with Crippen molar-refractivity contribution >= 4 is 17.3 Å². The Balaban J connectivity index is 1.56. The lowest BCUT2D eigenvalue weighted by Gasteiger charge is -2.26. The lowest BCUT2D eigenvalue weighted by molar-refractivity contribution is -0.136. The van der Waals surface area contributed by atoms with Crippen LogP contribution in [0.5, 0.6) is 11.5 Å². The normalized spacial score (nSPS) is 13.4. The number of fused-ring (bicyclic) bond motifs is 3. The van der Waals surface area contributed by atoms with E-state index in [9.17, 15) is 14.5 Å². The van der Waals surface area contributed by atoms with Gasteiger partial charge < -0.3 is 19.1 Å². The lowest BCUT2D eigenvalue weighted by atomic mass is 9.92. The van der Waals surface area contributed by atoms with Crippen LogP contribution in [0.1, 0.15) is 55.5 Å². The van der Waals surface area contributed by atoms with Gasteiger partial charge in [-0.05, 0) is 67.6 Å². The van der Waals surface area contributed by atoms with Crippen LogP contribution in [0, 0.1) is 0 Å². The van der Waals surface area contributed by atoms with Crippen molar-refractivity contribution in [3.8, 4) is 22.6 Å². The van der Waals surface area contributed by atoms with E-state index < -0.39 is 17.3 Å². The van der Waals surface area contributed by atoms with Crippen molar-refractivity contribution in [2.24, 2.45) is 0 Å². The number of carboxylic acid groups (broad SMARTS) is 1. The summed E-state index contributed by atoms with van der Waals surface area (Å²) < 4.78 is 27.5. The maximum absolute atomic E-state index is 12.5. The fourth-order valence-electron chi connectivity index (χ4n) is 4.16. The van der Waals surface area contributed by atoms with Crippen LogP contribution in [-0.2, 0) is 48.8 Å². The molecule has 1 atom stereocenters. The molecule has 7 heteroatoms. The van der Waals surface area contributed by atoms with E-state index in [1.54, 1.807) is 0 Å². The summed E-state index contributed by atoms with van der Waals surface area (Å²) in [6, 6.07) is 17.8. The second-order valence-electron chi connectivity index (χ2n) is 9.92. The molecule has 2 N–H and O–H groups in total. The number of hydrogen-bond acceptors (Lipinski definition) is 5. The second-order valence-corrected chi connectivity index (χ2v) is 12.0. The summed E-state index contributed by atoms with van der Waals surface area (Å²) in [4.78, 5) is 11.3. The third-order valence-corrected chi connectivity index (χ3v) is 7.72. The molecular weight excluding hydrogens is 474 g/mol. The average molecular weight is 508 g/mol. The molecule has 0 bridgehead atoms. The van der Waals surface area contributed by atoms with Crippen LogP contribution in [0.15, 0.2) is 54.6 Å². The van der Waals surface area contributed by atoms with Gasteiger partial charge in [0.1, 0.15) is 29.5 Å². The van der Waals surface area contributed by atoms with Gasteiger partial charge in [-0.25, -0.2) is 0 Å². The van der Waals surface area contributed by atoms with E-state index in [-0.39, 0.29) is 11.2 Å². The molecule has 3 aromatic carbocycles. The molecule has 0 saturated heterocycles. The van der Waals surface area contributed by atoms with Gasteiger partial charge in [0.15, 0.2) is 0 Å². The molecular formula is C29H33NO5S. The zero-order valence-electron chi connectivity index (χ0n) is 21.2. The van der Waals surface area contributed by atoms with Crippen LogP contribution in [-0.4, -0.2) is 20.4 Å². The fraction of sp³-hybridized carbons (Fsp3) is 0.345. The van der Waals surface area contributed by atoms with Gasteiger partial charge in [-0.3, -0.25) is 4.79 Å². The number of carbonyl (C=O) groups is 1. The standard InChI is InChI=1S/C29H33NO5S/c1-5-19-9-11-21(15-28(31)32)27(14-19)34-17-20-10-12-26-24(13-20)23-8-6-7-22(25(23)18-35-26)16-30-36(33)29(2,3)4/h6-14,30H,5,15-18H2,1-4H3,(H,31,32). The van der Waals surface area contributed by atoms with Gasteiger partial charge in [-0.1, -0.05) is 43.3 Å². The highest BCUT2D eigenvalue weighted by atomic mass is 32.2. The Morgan fingerprint density at radius 1 is 1.08 bits per heavy atom. The van der Waals surface area contributed by atoms with E-state index in [0.29, 0.717) is 31.1 Å². The Labute approximate surface area is 216 Å². The van der Waals surface area contributed by atoms with E-state index in [1.807, 2.05) is 63.2 Å². The molecule has 0 fully saturated rings. The smallest absolute Gasteiger partial charge is 0.307 e. The number of rotatable bonds is 9. The van der Waals surface area contributed by atoms with Crippen molar-refractivity contribution in [2.75, 3.05) is 0 Å². The topological polar surface area (TPSA) is 90.9 Å². The monoisotopic (exact) mass is 507 g/mol. The third-order valence-electron chi connectivity index (χ3n) is 6.20. The quantitative estimate of drug-likeness (QED) is 0.368. The summed E-state index contributed by atoms with van der Waals surface area (Å²) in [6.07, 6.45) is 0.763. The molecule has 0 amide bonds. The van der Waals surface area contributed by atoms with Gasteiger partial charge in [0, 0.05) is 28.1 Å². The first kappa shape index (κ1) is 26.1. The molecule has 36 heavy (non-hydrogen) atoms. The van der Waals surface area contributed by atoms with Crippen LogP contribution in [0.2, 0.25) is 0 Å². The van der Waals surface area contributed by atoms with Gasteiger partial charge in [-0.15, -0.1) is 4.72 Å². The molecule has 190 valence electrons. The first-order chi connectivity index (χ1) is 17.2. The Kier molecular flexibility index (Phi) is 7.93. The number of aryl methyl sites for hydroxylation is 1. The van der Waals surface area contributed by atoms with E-state index >= 15 is 0 Å². The molecule has 0 saturated carbocycles. The molecule has 0 spiro atoms. The van der Waals surface area contributed by atoms with Crippen LogP contribution in [0.25, 0.3) is 11.1 Å². The van der Waals surface area contributed by atoms with Gasteiger partial charge in [-0.2, -0.15) is 0 Å². The molecule has 3 aromatic rings. The van der Waals surface area contributed by atoms with Crippen molar-refractivity contribution in [1.82, 2.24) is 4.72 Å². The Hall–Kier alpha value is -3.00. The van der Waals surface area contributed by atoms with Crippen LogP contribution in [0.3, 0.4) is 0 Å². The number of nitrogens with one attached hydrogen (secondary N) is 1. The summed E-state index contributed by atoms with van der Waals surface area (Å²) in [5.74, 6) is 0.531. The van der Waals surface area contributed by atoms with E-state index in [2.05, 4.69) is 23.8 Å². The highest BCUT2D eigenvalue weighted by molar-refractivity contribution is 7.90. The minimum absolute atomic E-state index is 0.0818. The van der Waals surface area contributed by atoms with E-state index in [0.717, 1.165) is 45.6 Å². The average Bonchev–Trinajstić information content (AvgIpc) is 2.85. The Morgan fingerprint density at radius 2 is 1.86 bits per heavy atom. The molecule has 0 aliphatic carbocycles. The van der Waals surface area contributed by atoms with E-state index in [1.165, 1.54) is 0 Å². The van der Waals surface area contributed by atoms with Gasteiger partial charge in [0.2, 0.25) is 0 Å². The zero-order chi connectivity index (χ0) is 25.9. The number of hydrogen-bond donors (Lipinski definition) is 2. The molecule has 1 aliphatic heterocycles. The molecule has 0 aromatic heterocycles. The predicted octanol–water partition coefficient (Wildman–Crippen LogP) is 5.57. The number of benzene rings is 3. The van der Waals surface area contributed by atoms with Crippen molar-refractivity contribution in [3.05, 3.63) is 82.4 Å². The minimum Gasteiger partial charge on any atom is -0.598 e. The van der Waals surface area contributed by atoms with Crippen molar-refractivity contribution in [3.63, 3.8) is 0 Å². The second kappa shape index (κ2) is 10.9. The molecule has 6 nitrogen and oxygen atoms in total. The largest absolute Gasteiger partial charge is 0.598 e. The van der Waals surface area contributed by atoms with Crippen LogP contribution < -0.4 is 14.2 Å². The van der Waals surface area contributed by atoms with Crippen LogP contribution >= 0.6 is 0 Å². The fourth-order valence-corrected chi connectivity index (χ4v) is 4.88. The minimum atomic E-state index is -1.16. The van der Waals surface area contributed by atoms with E-state index in [4.69, 9.17) is 9.47 Å². The third kappa shape index (κ3) is 6.03. The van der Waals surface area contributed by atoms with Crippen LogP contribution in [0.4, 0.5) is 0 Å². The maximum atomic E-state index is 12.5. The number of carboxylic acids is 1. The first-order valence-electron chi connectivity index (χ1n) is 12.1. The number of ether oxygens (including phenoxy) is 2. The maximum Gasteiger partial charge on any atom is 0.307 e. The summed E-state index contributed by atoms with van der Waals surface area (Å²) in [5.41, 5.74) is 6.96.